The Morgan fingerprint density at radius 3 is 2.58 bits per heavy atom. The quantitative estimate of drug-likeness (QED) is 0.905. The molecule has 0 radical (unpaired) electrons. The van der Waals surface area contributed by atoms with Gasteiger partial charge in [-0.2, -0.15) is 4.98 Å². The van der Waals surface area contributed by atoms with Gasteiger partial charge < -0.3 is 4.52 Å². The molecule has 1 atom stereocenters. The molecule has 0 saturated carbocycles. The number of benzene rings is 1. The minimum Gasteiger partial charge on any atom is -0.338 e. The van der Waals surface area contributed by atoms with Gasteiger partial charge in [-0.25, -0.2) is 13.1 Å². The van der Waals surface area contributed by atoms with E-state index in [-0.39, 0.29) is 17.6 Å². The Kier molecular flexibility index (Phi) is 3.84. The molecule has 0 amide bonds. The van der Waals surface area contributed by atoms with Crippen LogP contribution in [0.1, 0.15) is 24.3 Å². The molecule has 0 bridgehead atoms. The lowest BCUT2D eigenvalue weighted by atomic mass is 10.0. The first kappa shape index (κ1) is 13.5. The second-order valence-electron chi connectivity index (χ2n) is 4.33. The van der Waals surface area contributed by atoms with Crippen molar-refractivity contribution in [3.63, 3.8) is 0 Å². The van der Waals surface area contributed by atoms with Crippen molar-refractivity contribution in [2.24, 2.45) is 0 Å². The third-order valence-corrected chi connectivity index (χ3v) is 4.04. The van der Waals surface area contributed by atoms with E-state index in [4.69, 9.17) is 4.52 Å². The predicted molar refractivity (Wildman–Crippen MR) is 71.3 cm³/mol. The number of aryl methyl sites for hydroxylation is 1. The van der Waals surface area contributed by atoms with Crippen LogP contribution in [0.25, 0.3) is 0 Å². The Balaban J connectivity index is 2.05. The minimum absolute atomic E-state index is 0.0299. The van der Waals surface area contributed by atoms with Crippen molar-refractivity contribution in [3.8, 4) is 0 Å². The number of hydrogen-bond donors (Lipinski definition) is 1. The van der Waals surface area contributed by atoms with Crippen LogP contribution in [0.15, 0.2) is 34.9 Å². The molecule has 0 aliphatic rings. The standard InChI is InChI=1S/C12H15N3O3S/c1-9(11-6-4-3-5-7-11)8-19(16,17)15-12-13-10(2)18-14-12/h3-7,9H,8H2,1-2H3,(H,14,15)/t9-/m0/s1. The molecule has 1 aromatic heterocycles. The zero-order valence-corrected chi connectivity index (χ0v) is 11.5. The van der Waals surface area contributed by atoms with Crippen molar-refractivity contribution < 1.29 is 12.9 Å². The average Bonchev–Trinajstić information content (AvgIpc) is 2.74. The summed E-state index contributed by atoms with van der Waals surface area (Å²) in [6, 6.07) is 9.46. The summed E-state index contributed by atoms with van der Waals surface area (Å²) in [6.07, 6.45) is 0. The molecule has 6 nitrogen and oxygen atoms in total. The number of hydrogen-bond acceptors (Lipinski definition) is 5. The summed E-state index contributed by atoms with van der Waals surface area (Å²) in [5.41, 5.74) is 0.970. The highest BCUT2D eigenvalue weighted by molar-refractivity contribution is 7.92. The van der Waals surface area contributed by atoms with E-state index < -0.39 is 10.0 Å². The summed E-state index contributed by atoms with van der Waals surface area (Å²) in [4.78, 5) is 3.81. The van der Waals surface area contributed by atoms with Gasteiger partial charge in [0.05, 0.1) is 5.75 Å². The monoisotopic (exact) mass is 281 g/mol. The smallest absolute Gasteiger partial charge is 0.277 e. The van der Waals surface area contributed by atoms with Crippen molar-refractivity contribution in [2.45, 2.75) is 19.8 Å². The summed E-state index contributed by atoms with van der Waals surface area (Å²) in [5.74, 6) is 0.128. The van der Waals surface area contributed by atoms with Crippen molar-refractivity contribution in [1.82, 2.24) is 10.1 Å². The van der Waals surface area contributed by atoms with Crippen molar-refractivity contribution >= 4 is 16.0 Å². The number of nitrogens with one attached hydrogen (secondary N) is 1. The Hall–Kier alpha value is -1.89. The van der Waals surface area contributed by atoms with Crippen molar-refractivity contribution in [2.75, 3.05) is 10.5 Å². The number of anilines is 1. The van der Waals surface area contributed by atoms with E-state index in [1.807, 2.05) is 37.3 Å². The zero-order valence-electron chi connectivity index (χ0n) is 10.7. The van der Waals surface area contributed by atoms with Crippen LogP contribution >= 0.6 is 0 Å². The summed E-state index contributed by atoms with van der Waals surface area (Å²) < 4.78 is 30.9. The van der Waals surface area contributed by atoms with Gasteiger partial charge in [0.25, 0.3) is 5.95 Å². The number of aromatic nitrogens is 2. The average molecular weight is 281 g/mol. The molecule has 0 unspecified atom stereocenters. The molecule has 1 N–H and O–H groups in total. The van der Waals surface area contributed by atoms with E-state index in [0.717, 1.165) is 5.56 Å². The van der Waals surface area contributed by atoms with Gasteiger partial charge in [0, 0.05) is 6.92 Å². The van der Waals surface area contributed by atoms with Crippen molar-refractivity contribution in [1.29, 1.82) is 0 Å². The maximum absolute atomic E-state index is 12.0. The highest BCUT2D eigenvalue weighted by atomic mass is 32.2. The van der Waals surface area contributed by atoms with Crippen LogP contribution in [-0.2, 0) is 10.0 Å². The molecule has 0 aliphatic heterocycles. The van der Waals surface area contributed by atoms with E-state index in [1.54, 1.807) is 6.92 Å². The number of rotatable bonds is 5. The molecular formula is C12H15N3O3S. The van der Waals surface area contributed by atoms with Gasteiger partial charge in [-0.3, -0.25) is 0 Å². The maximum Gasteiger partial charge on any atom is 0.277 e. The van der Waals surface area contributed by atoms with E-state index in [0.29, 0.717) is 5.89 Å². The fourth-order valence-electron chi connectivity index (χ4n) is 1.73. The Morgan fingerprint density at radius 2 is 2.00 bits per heavy atom. The van der Waals surface area contributed by atoms with Gasteiger partial charge in [0.2, 0.25) is 15.9 Å². The molecule has 0 aliphatic carbocycles. The molecule has 0 saturated heterocycles. The first-order chi connectivity index (χ1) is 8.96. The van der Waals surface area contributed by atoms with Crippen LogP contribution in [0.5, 0.6) is 0 Å². The maximum atomic E-state index is 12.0. The van der Waals surface area contributed by atoms with E-state index in [2.05, 4.69) is 14.9 Å². The van der Waals surface area contributed by atoms with Gasteiger partial charge in [-0.15, -0.1) is 0 Å². The molecule has 1 heterocycles. The Bertz CT molecular complexity index is 637. The second kappa shape index (κ2) is 5.40. The highest BCUT2D eigenvalue weighted by Gasteiger charge is 2.19. The molecule has 102 valence electrons. The first-order valence-corrected chi connectivity index (χ1v) is 7.47. The SMILES string of the molecule is Cc1nc(NS(=O)(=O)C[C@H](C)c2ccccc2)no1. The Labute approximate surface area is 111 Å². The molecule has 0 spiro atoms. The molecule has 7 heteroatoms. The summed E-state index contributed by atoms with van der Waals surface area (Å²) >= 11 is 0. The lowest BCUT2D eigenvalue weighted by Crippen LogP contribution is -2.21. The summed E-state index contributed by atoms with van der Waals surface area (Å²) in [6.45, 7) is 3.45. The largest absolute Gasteiger partial charge is 0.338 e. The second-order valence-corrected chi connectivity index (χ2v) is 6.10. The highest BCUT2D eigenvalue weighted by Crippen LogP contribution is 2.17. The fourth-order valence-corrected chi connectivity index (χ4v) is 3.02. The van der Waals surface area contributed by atoms with Gasteiger partial charge in [0.15, 0.2) is 0 Å². The minimum atomic E-state index is -3.50. The Morgan fingerprint density at radius 1 is 1.32 bits per heavy atom. The molecule has 1 aromatic carbocycles. The van der Waals surface area contributed by atoms with Gasteiger partial charge in [0.1, 0.15) is 0 Å². The summed E-state index contributed by atoms with van der Waals surface area (Å²) in [5, 5.41) is 3.50. The van der Waals surface area contributed by atoms with Gasteiger partial charge in [-0.1, -0.05) is 37.3 Å². The molecule has 2 rings (SSSR count). The van der Waals surface area contributed by atoms with Crippen LogP contribution in [0.3, 0.4) is 0 Å². The zero-order chi connectivity index (χ0) is 13.9. The molecule has 2 aromatic rings. The number of sulfonamides is 1. The van der Waals surface area contributed by atoms with Crippen molar-refractivity contribution in [3.05, 3.63) is 41.8 Å². The normalized spacial score (nSPS) is 13.2. The van der Waals surface area contributed by atoms with Crippen LogP contribution in [0, 0.1) is 6.92 Å². The van der Waals surface area contributed by atoms with Crippen LogP contribution in [0.4, 0.5) is 5.95 Å². The van der Waals surface area contributed by atoms with Gasteiger partial charge >= 0.3 is 0 Å². The topological polar surface area (TPSA) is 85.1 Å². The van der Waals surface area contributed by atoms with E-state index in [1.165, 1.54) is 0 Å². The first-order valence-electron chi connectivity index (χ1n) is 5.82. The van der Waals surface area contributed by atoms with E-state index in [9.17, 15) is 8.42 Å². The number of nitrogens with zero attached hydrogens (tertiary/aromatic N) is 2. The predicted octanol–water partition coefficient (Wildman–Crippen LogP) is 1.92. The van der Waals surface area contributed by atoms with Crippen LogP contribution < -0.4 is 4.72 Å². The third-order valence-electron chi connectivity index (χ3n) is 2.61. The fraction of sp³-hybridized carbons (Fsp3) is 0.333. The third kappa shape index (κ3) is 3.78. The lowest BCUT2D eigenvalue weighted by Gasteiger charge is -2.12. The molecule has 0 fully saturated rings. The lowest BCUT2D eigenvalue weighted by molar-refractivity contribution is 0.395. The van der Waals surface area contributed by atoms with Crippen LogP contribution in [0.2, 0.25) is 0 Å². The van der Waals surface area contributed by atoms with E-state index >= 15 is 0 Å². The molecular weight excluding hydrogens is 266 g/mol. The summed E-state index contributed by atoms with van der Waals surface area (Å²) in [7, 11) is -3.50. The van der Waals surface area contributed by atoms with Gasteiger partial charge in [-0.05, 0) is 16.6 Å². The van der Waals surface area contributed by atoms with Crippen LogP contribution in [-0.4, -0.2) is 24.3 Å². The molecule has 19 heavy (non-hydrogen) atoms.